The van der Waals surface area contributed by atoms with Crippen LogP contribution in [0.2, 0.25) is 0 Å². The lowest BCUT2D eigenvalue weighted by Gasteiger charge is -2.35. The first-order valence-corrected chi connectivity index (χ1v) is 12.6. The van der Waals surface area contributed by atoms with Gasteiger partial charge in [-0.25, -0.2) is 13.4 Å². The maximum absolute atomic E-state index is 13.4. The van der Waals surface area contributed by atoms with Crippen LogP contribution in [0.1, 0.15) is 31.0 Å². The Bertz CT molecular complexity index is 1270. The van der Waals surface area contributed by atoms with Gasteiger partial charge in [0.05, 0.1) is 23.5 Å². The minimum absolute atomic E-state index is 0.158. The van der Waals surface area contributed by atoms with Crippen LogP contribution in [0.25, 0.3) is 11.1 Å². The highest BCUT2D eigenvalue weighted by molar-refractivity contribution is 7.92. The van der Waals surface area contributed by atoms with Crippen LogP contribution in [0.5, 0.6) is 0 Å². The number of nitrogens with one attached hydrogen (secondary N) is 1. The van der Waals surface area contributed by atoms with Crippen LogP contribution in [0.15, 0.2) is 42.9 Å². The predicted molar refractivity (Wildman–Crippen MR) is 123 cm³/mol. The van der Waals surface area contributed by atoms with Gasteiger partial charge in [-0.05, 0) is 31.0 Å². The van der Waals surface area contributed by atoms with E-state index in [9.17, 15) is 26.0 Å². The molecule has 0 aliphatic carbocycles. The van der Waals surface area contributed by atoms with Gasteiger partial charge in [0.2, 0.25) is 16.0 Å². The van der Waals surface area contributed by atoms with Crippen molar-refractivity contribution in [1.29, 1.82) is 0 Å². The zero-order chi connectivity index (χ0) is 25.2. The van der Waals surface area contributed by atoms with Crippen LogP contribution in [-0.4, -0.2) is 53.2 Å². The average Bonchev–Trinajstić information content (AvgIpc) is 3.24. The van der Waals surface area contributed by atoms with Gasteiger partial charge in [0, 0.05) is 43.4 Å². The SMILES string of the molecule is Cn1cnnc1C1CCN(c2c(NS(=O)(=O)CCC(F)(F)F)cccc2-c2ccc(F)nc2)CC1. The second kappa shape index (κ2) is 9.80. The van der Waals surface area contributed by atoms with Gasteiger partial charge in [0.25, 0.3) is 0 Å². The normalized spacial score (nSPS) is 15.4. The van der Waals surface area contributed by atoms with E-state index in [4.69, 9.17) is 0 Å². The number of alkyl halides is 3. The van der Waals surface area contributed by atoms with E-state index in [0.29, 0.717) is 42.7 Å². The smallest absolute Gasteiger partial charge is 0.369 e. The molecule has 0 bridgehead atoms. The van der Waals surface area contributed by atoms with E-state index >= 15 is 0 Å². The minimum atomic E-state index is -4.60. The Labute approximate surface area is 200 Å². The summed E-state index contributed by atoms with van der Waals surface area (Å²) in [6.07, 6.45) is -1.66. The molecule has 1 fully saturated rings. The molecule has 3 aromatic rings. The molecule has 1 N–H and O–H groups in total. The summed E-state index contributed by atoms with van der Waals surface area (Å²) in [5.74, 6) is -0.741. The van der Waals surface area contributed by atoms with Crippen LogP contribution in [0.3, 0.4) is 0 Å². The second-order valence-corrected chi connectivity index (χ2v) is 10.3. The Morgan fingerprint density at radius 1 is 1.14 bits per heavy atom. The monoisotopic (exact) mass is 512 g/mol. The molecular formula is C22H24F4N6O2S. The molecule has 0 atom stereocenters. The molecule has 1 aliphatic rings. The van der Waals surface area contributed by atoms with Gasteiger partial charge in [-0.3, -0.25) is 4.72 Å². The molecule has 3 heterocycles. The average molecular weight is 513 g/mol. The fraction of sp³-hybridized carbons (Fsp3) is 0.409. The fourth-order valence-electron chi connectivity index (χ4n) is 4.23. The Morgan fingerprint density at radius 2 is 1.89 bits per heavy atom. The van der Waals surface area contributed by atoms with Crippen molar-refractivity contribution in [2.45, 2.75) is 31.4 Å². The third-order valence-corrected chi connectivity index (χ3v) is 7.19. The van der Waals surface area contributed by atoms with E-state index < -0.39 is 34.3 Å². The van der Waals surface area contributed by atoms with Crippen molar-refractivity contribution in [1.82, 2.24) is 19.7 Å². The molecule has 0 spiro atoms. The van der Waals surface area contributed by atoms with Gasteiger partial charge in [-0.1, -0.05) is 12.1 Å². The van der Waals surface area contributed by atoms with Crippen molar-refractivity contribution < 1.29 is 26.0 Å². The van der Waals surface area contributed by atoms with E-state index in [1.807, 2.05) is 16.5 Å². The van der Waals surface area contributed by atoms with Gasteiger partial charge in [-0.15, -0.1) is 10.2 Å². The molecular weight excluding hydrogens is 488 g/mol. The number of halogens is 4. The van der Waals surface area contributed by atoms with E-state index in [1.54, 1.807) is 18.5 Å². The maximum atomic E-state index is 13.4. The van der Waals surface area contributed by atoms with Crippen LogP contribution < -0.4 is 9.62 Å². The number of nitrogens with zero attached hydrogens (tertiary/aromatic N) is 5. The summed E-state index contributed by atoms with van der Waals surface area (Å²) < 4.78 is 80.6. The van der Waals surface area contributed by atoms with Crippen LogP contribution in [0.4, 0.5) is 28.9 Å². The van der Waals surface area contributed by atoms with Crippen molar-refractivity contribution in [3.8, 4) is 11.1 Å². The Hall–Kier alpha value is -3.22. The van der Waals surface area contributed by atoms with Gasteiger partial charge >= 0.3 is 6.18 Å². The van der Waals surface area contributed by atoms with E-state index in [1.165, 1.54) is 24.4 Å². The molecule has 1 aromatic carbocycles. The molecule has 188 valence electrons. The summed E-state index contributed by atoms with van der Waals surface area (Å²) in [6, 6.07) is 7.56. The number of aryl methyl sites for hydroxylation is 1. The molecule has 8 nitrogen and oxygen atoms in total. The largest absolute Gasteiger partial charge is 0.390 e. The van der Waals surface area contributed by atoms with Crippen molar-refractivity contribution in [2.24, 2.45) is 7.05 Å². The number of benzene rings is 1. The number of para-hydroxylation sites is 1. The van der Waals surface area contributed by atoms with Crippen molar-refractivity contribution in [2.75, 3.05) is 28.5 Å². The molecule has 0 amide bonds. The molecule has 2 aromatic heterocycles. The highest BCUT2D eigenvalue weighted by atomic mass is 32.2. The summed E-state index contributed by atoms with van der Waals surface area (Å²) >= 11 is 0. The number of piperidine rings is 1. The Kier molecular flexibility index (Phi) is 6.97. The fourth-order valence-corrected chi connectivity index (χ4v) is 5.33. The van der Waals surface area contributed by atoms with Crippen molar-refractivity contribution >= 4 is 21.4 Å². The number of hydrogen-bond acceptors (Lipinski definition) is 6. The Morgan fingerprint density at radius 3 is 2.49 bits per heavy atom. The van der Waals surface area contributed by atoms with Gasteiger partial charge in [-0.2, -0.15) is 17.6 Å². The van der Waals surface area contributed by atoms with Gasteiger partial charge < -0.3 is 9.47 Å². The van der Waals surface area contributed by atoms with Gasteiger partial charge in [0.1, 0.15) is 12.2 Å². The summed E-state index contributed by atoms with van der Waals surface area (Å²) in [5.41, 5.74) is 1.80. The number of rotatable bonds is 7. The van der Waals surface area contributed by atoms with E-state index in [0.717, 1.165) is 5.82 Å². The minimum Gasteiger partial charge on any atom is -0.369 e. The van der Waals surface area contributed by atoms with Crippen LogP contribution in [0, 0.1) is 5.95 Å². The van der Waals surface area contributed by atoms with E-state index in [-0.39, 0.29) is 11.6 Å². The second-order valence-electron chi connectivity index (χ2n) is 8.42. The standard InChI is InChI=1S/C22H24F4N6O2S/c1-31-14-28-29-21(31)15-7-10-32(11-8-15)20-17(16-5-6-19(23)27-13-16)3-2-4-18(20)30-35(33,34)12-9-22(24,25)26/h2-6,13-15,30H,7-12H2,1H3. The van der Waals surface area contributed by atoms with Crippen molar-refractivity contribution in [3.05, 3.63) is 54.6 Å². The molecule has 1 saturated heterocycles. The summed E-state index contributed by atoms with van der Waals surface area (Å²) in [5, 5.41) is 8.11. The molecule has 0 unspecified atom stereocenters. The van der Waals surface area contributed by atoms with Crippen LogP contribution >= 0.6 is 0 Å². The number of aromatic nitrogens is 4. The number of sulfonamides is 1. The summed E-state index contributed by atoms with van der Waals surface area (Å²) in [4.78, 5) is 5.67. The first-order valence-electron chi connectivity index (χ1n) is 10.9. The van der Waals surface area contributed by atoms with Crippen molar-refractivity contribution in [3.63, 3.8) is 0 Å². The topological polar surface area (TPSA) is 93.0 Å². The molecule has 0 saturated carbocycles. The zero-order valence-corrected chi connectivity index (χ0v) is 19.7. The number of pyridine rings is 1. The number of anilines is 2. The molecule has 4 rings (SSSR count). The lowest BCUT2D eigenvalue weighted by atomic mass is 9.94. The van der Waals surface area contributed by atoms with E-state index in [2.05, 4.69) is 19.9 Å². The molecule has 1 aliphatic heterocycles. The lowest BCUT2D eigenvalue weighted by molar-refractivity contribution is -0.129. The highest BCUT2D eigenvalue weighted by Gasteiger charge is 2.31. The predicted octanol–water partition coefficient (Wildman–Crippen LogP) is 4.09. The molecule has 0 radical (unpaired) electrons. The third-order valence-electron chi connectivity index (χ3n) is 5.92. The lowest BCUT2D eigenvalue weighted by Crippen LogP contribution is -2.35. The summed E-state index contributed by atoms with van der Waals surface area (Å²) in [7, 11) is -2.41. The first kappa shape index (κ1) is 24.9. The first-order chi connectivity index (χ1) is 16.5. The Balaban J connectivity index is 1.66. The molecule has 35 heavy (non-hydrogen) atoms. The molecule has 13 heteroatoms. The maximum Gasteiger partial charge on any atom is 0.390 e. The number of hydrogen-bond donors (Lipinski definition) is 1. The third kappa shape index (κ3) is 6.08. The zero-order valence-electron chi connectivity index (χ0n) is 18.8. The quantitative estimate of drug-likeness (QED) is 0.379. The van der Waals surface area contributed by atoms with Crippen LogP contribution in [-0.2, 0) is 17.1 Å². The summed E-state index contributed by atoms with van der Waals surface area (Å²) in [6.45, 7) is 1.08. The highest BCUT2D eigenvalue weighted by Crippen LogP contribution is 2.40. The van der Waals surface area contributed by atoms with Gasteiger partial charge in [0.15, 0.2) is 0 Å².